The maximum Gasteiger partial charge on any atom is 0.309 e. The van der Waals surface area contributed by atoms with Gasteiger partial charge in [0, 0.05) is 10.6 Å². The van der Waals surface area contributed by atoms with Crippen molar-refractivity contribution in [3.63, 3.8) is 0 Å². The molecule has 18 heavy (non-hydrogen) atoms. The topological polar surface area (TPSA) is 47.9 Å². The summed E-state index contributed by atoms with van der Waals surface area (Å²) in [6, 6.07) is 7.29. The summed E-state index contributed by atoms with van der Waals surface area (Å²) >= 11 is 5.92. The van der Waals surface area contributed by atoms with Crippen molar-refractivity contribution in [2.24, 2.45) is 5.16 Å². The van der Waals surface area contributed by atoms with E-state index in [0.717, 1.165) is 12.0 Å². The normalized spacial score (nSPS) is 10.6. The number of carbonyl (C=O) groups excluding carboxylic acids is 1. The number of hydrogen-bond acceptors (Lipinski definition) is 4. The molecule has 1 aromatic carbocycles. The van der Waals surface area contributed by atoms with Crippen molar-refractivity contribution in [1.82, 2.24) is 0 Å². The largest absolute Gasteiger partial charge is 0.466 e. The van der Waals surface area contributed by atoms with E-state index in [9.17, 15) is 4.79 Å². The average Bonchev–Trinajstić information content (AvgIpc) is 2.38. The lowest BCUT2D eigenvalue weighted by Gasteiger charge is -2.01. The van der Waals surface area contributed by atoms with Gasteiger partial charge in [-0.05, 0) is 12.5 Å². The minimum absolute atomic E-state index is 0.194. The summed E-state index contributed by atoms with van der Waals surface area (Å²) in [5, 5.41) is 4.34. The van der Waals surface area contributed by atoms with Gasteiger partial charge in [-0.3, -0.25) is 4.79 Å². The summed E-state index contributed by atoms with van der Waals surface area (Å²) in [5.41, 5.74) is 0.771. The van der Waals surface area contributed by atoms with Crippen molar-refractivity contribution in [3.05, 3.63) is 34.9 Å². The van der Waals surface area contributed by atoms with Crippen LogP contribution in [0.1, 0.15) is 25.3 Å². The Kier molecular flexibility index (Phi) is 6.87. The highest BCUT2D eigenvalue weighted by atomic mass is 35.5. The molecular formula is C13H16ClNO3. The number of carbonyl (C=O) groups is 1. The predicted molar refractivity (Wildman–Crippen MR) is 70.9 cm³/mol. The number of ether oxygens (including phenoxy) is 1. The Morgan fingerprint density at radius 3 is 2.89 bits per heavy atom. The lowest BCUT2D eigenvalue weighted by atomic mass is 10.2. The third-order valence-electron chi connectivity index (χ3n) is 2.04. The maximum absolute atomic E-state index is 11.1. The maximum atomic E-state index is 11.1. The minimum Gasteiger partial charge on any atom is -0.466 e. The van der Waals surface area contributed by atoms with E-state index in [4.69, 9.17) is 21.2 Å². The second kappa shape index (κ2) is 8.53. The number of hydrogen-bond donors (Lipinski definition) is 0. The van der Waals surface area contributed by atoms with E-state index in [1.165, 1.54) is 6.21 Å². The van der Waals surface area contributed by atoms with Gasteiger partial charge in [0.25, 0.3) is 0 Å². The molecule has 0 N–H and O–H groups in total. The molecule has 1 rings (SSSR count). The van der Waals surface area contributed by atoms with Crippen LogP contribution in [-0.4, -0.2) is 25.4 Å². The van der Waals surface area contributed by atoms with Gasteiger partial charge in [0.15, 0.2) is 0 Å². The van der Waals surface area contributed by atoms with Crippen LogP contribution in [0.3, 0.4) is 0 Å². The van der Waals surface area contributed by atoms with E-state index >= 15 is 0 Å². The van der Waals surface area contributed by atoms with Crippen LogP contribution in [-0.2, 0) is 14.4 Å². The van der Waals surface area contributed by atoms with Gasteiger partial charge in [-0.25, -0.2) is 0 Å². The smallest absolute Gasteiger partial charge is 0.309 e. The van der Waals surface area contributed by atoms with Gasteiger partial charge < -0.3 is 9.57 Å². The summed E-state index contributed by atoms with van der Waals surface area (Å²) in [5.74, 6) is -0.273. The Balaban J connectivity index is 2.22. The first-order chi connectivity index (χ1) is 8.74. The molecule has 0 aliphatic rings. The quantitative estimate of drug-likeness (QED) is 0.331. The lowest BCUT2D eigenvalue weighted by molar-refractivity contribution is -0.144. The summed E-state index contributed by atoms with van der Waals surface area (Å²) in [6.07, 6.45) is 2.52. The molecule has 0 radical (unpaired) electrons. The molecule has 5 heteroatoms. The molecule has 0 bridgehead atoms. The zero-order valence-electron chi connectivity index (χ0n) is 10.3. The number of nitrogens with zero attached hydrogens (tertiary/aromatic N) is 1. The first kappa shape index (κ1) is 14.5. The number of oxime groups is 1. The fourth-order valence-electron chi connectivity index (χ4n) is 1.14. The van der Waals surface area contributed by atoms with Crippen molar-refractivity contribution in [3.8, 4) is 0 Å². The van der Waals surface area contributed by atoms with Crippen LogP contribution in [0.2, 0.25) is 5.02 Å². The van der Waals surface area contributed by atoms with E-state index in [1.54, 1.807) is 6.07 Å². The number of benzene rings is 1. The average molecular weight is 270 g/mol. The second-order valence-corrected chi connectivity index (χ2v) is 3.97. The molecule has 0 saturated carbocycles. The highest BCUT2D eigenvalue weighted by Crippen LogP contribution is 2.12. The van der Waals surface area contributed by atoms with Crippen LogP contribution < -0.4 is 0 Å². The van der Waals surface area contributed by atoms with Crippen LogP contribution in [0, 0.1) is 0 Å². The third-order valence-corrected chi connectivity index (χ3v) is 2.38. The summed E-state index contributed by atoms with van der Waals surface area (Å²) in [7, 11) is 0. The van der Waals surface area contributed by atoms with Gasteiger partial charge in [-0.2, -0.15) is 0 Å². The van der Waals surface area contributed by atoms with Gasteiger partial charge in [-0.15, -0.1) is 0 Å². The van der Waals surface area contributed by atoms with Gasteiger partial charge >= 0.3 is 5.97 Å². The monoisotopic (exact) mass is 269 g/mol. The molecule has 0 fully saturated rings. The Morgan fingerprint density at radius 2 is 2.17 bits per heavy atom. The molecule has 0 heterocycles. The van der Waals surface area contributed by atoms with Crippen molar-refractivity contribution in [1.29, 1.82) is 0 Å². The molecule has 1 aromatic rings. The Bertz CT molecular complexity index is 407. The Morgan fingerprint density at radius 1 is 1.39 bits per heavy atom. The van der Waals surface area contributed by atoms with Crippen molar-refractivity contribution in [2.75, 3.05) is 13.2 Å². The summed E-state index contributed by atoms with van der Waals surface area (Å²) in [6.45, 7) is 2.59. The van der Waals surface area contributed by atoms with E-state index in [2.05, 4.69) is 5.16 Å². The number of rotatable bonds is 7. The standard InChI is InChI=1S/C13H16ClNO3/c1-2-8-17-13(16)7-9-18-15-10-11-5-3-4-6-12(11)14/h3-6,10H,2,7-9H2,1H3/b15-10+. The Labute approximate surface area is 112 Å². The molecule has 4 nitrogen and oxygen atoms in total. The molecule has 0 saturated heterocycles. The molecule has 0 spiro atoms. The molecule has 0 aliphatic carbocycles. The SMILES string of the molecule is CCCOC(=O)CCO/N=C/c1ccccc1Cl. The minimum atomic E-state index is -0.273. The highest BCUT2D eigenvalue weighted by molar-refractivity contribution is 6.33. The van der Waals surface area contributed by atoms with Gasteiger partial charge in [-0.1, -0.05) is 41.9 Å². The van der Waals surface area contributed by atoms with Crippen molar-refractivity contribution in [2.45, 2.75) is 19.8 Å². The van der Waals surface area contributed by atoms with Gasteiger partial charge in [0.05, 0.1) is 19.2 Å². The van der Waals surface area contributed by atoms with Crippen LogP contribution in [0.4, 0.5) is 0 Å². The highest BCUT2D eigenvalue weighted by Gasteiger charge is 2.01. The Hall–Kier alpha value is -1.55. The first-order valence-electron chi connectivity index (χ1n) is 5.79. The van der Waals surface area contributed by atoms with Gasteiger partial charge in [0.2, 0.25) is 0 Å². The molecule has 0 aromatic heterocycles. The predicted octanol–water partition coefficient (Wildman–Crippen LogP) is 3.03. The second-order valence-electron chi connectivity index (χ2n) is 3.56. The third kappa shape index (κ3) is 5.68. The molecule has 0 amide bonds. The summed E-state index contributed by atoms with van der Waals surface area (Å²) in [4.78, 5) is 16.1. The zero-order valence-corrected chi connectivity index (χ0v) is 11.0. The molecule has 98 valence electrons. The molecule has 0 unspecified atom stereocenters. The van der Waals surface area contributed by atoms with Crippen molar-refractivity contribution >= 4 is 23.8 Å². The van der Waals surface area contributed by atoms with Crippen LogP contribution in [0.5, 0.6) is 0 Å². The molecular weight excluding hydrogens is 254 g/mol. The number of esters is 1. The van der Waals surface area contributed by atoms with Crippen LogP contribution >= 0.6 is 11.6 Å². The van der Waals surface area contributed by atoms with E-state index < -0.39 is 0 Å². The van der Waals surface area contributed by atoms with E-state index in [-0.39, 0.29) is 19.0 Å². The number of halogens is 1. The van der Waals surface area contributed by atoms with Crippen molar-refractivity contribution < 1.29 is 14.4 Å². The van der Waals surface area contributed by atoms with Gasteiger partial charge in [0.1, 0.15) is 6.61 Å². The zero-order chi connectivity index (χ0) is 13.2. The fourth-order valence-corrected chi connectivity index (χ4v) is 1.33. The summed E-state index contributed by atoms with van der Waals surface area (Å²) < 4.78 is 4.88. The van der Waals surface area contributed by atoms with E-state index in [1.807, 2.05) is 25.1 Å². The van der Waals surface area contributed by atoms with Crippen LogP contribution in [0.25, 0.3) is 0 Å². The first-order valence-corrected chi connectivity index (χ1v) is 6.17. The lowest BCUT2D eigenvalue weighted by Crippen LogP contribution is -2.07. The van der Waals surface area contributed by atoms with Crippen LogP contribution in [0.15, 0.2) is 29.4 Å². The van der Waals surface area contributed by atoms with E-state index in [0.29, 0.717) is 11.6 Å². The molecule has 0 atom stereocenters. The fraction of sp³-hybridized carbons (Fsp3) is 0.385. The molecule has 0 aliphatic heterocycles.